The van der Waals surface area contributed by atoms with E-state index >= 15 is 0 Å². The maximum Gasteiger partial charge on any atom is 0.134 e. The molecule has 0 aromatic carbocycles. The third-order valence-electron chi connectivity index (χ3n) is 1.06. The van der Waals surface area contributed by atoms with Crippen molar-refractivity contribution in [2.45, 2.75) is 6.61 Å². The first-order valence-electron chi connectivity index (χ1n) is 2.41. The van der Waals surface area contributed by atoms with Crippen molar-refractivity contribution in [2.75, 3.05) is 0 Å². The molecule has 0 fully saturated rings. The number of halogens is 1. The van der Waals surface area contributed by atoms with Gasteiger partial charge in [0.25, 0.3) is 0 Å². The van der Waals surface area contributed by atoms with E-state index in [0.717, 1.165) is 0 Å². The molecule has 9 heavy (non-hydrogen) atoms. The van der Waals surface area contributed by atoms with Gasteiger partial charge >= 0.3 is 0 Å². The van der Waals surface area contributed by atoms with Crippen molar-refractivity contribution in [3.05, 3.63) is 18.2 Å². The smallest absolute Gasteiger partial charge is 0.134 e. The molecule has 0 amide bonds. The van der Waals surface area contributed by atoms with Crippen molar-refractivity contribution in [2.24, 2.45) is 7.05 Å². The van der Waals surface area contributed by atoms with Crippen LogP contribution in [0.2, 0.25) is 0 Å². The highest BCUT2D eigenvalue weighted by Crippen LogP contribution is 1.90. The summed E-state index contributed by atoms with van der Waals surface area (Å²) in [7, 11) is 1.85. The fraction of sp³-hybridized carbons (Fsp3) is 0.400. The maximum absolute atomic E-state index is 8.52. The summed E-state index contributed by atoms with van der Waals surface area (Å²) >= 11 is 0. The normalized spacial score (nSPS) is 8.67. The largest absolute Gasteiger partial charge is 0.388 e. The van der Waals surface area contributed by atoms with Crippen LogP contribution in [0.5, 0.6) is 0 Å². The molecule has 0 radical (unpaired) electrons. The quantitative estimate of drug-likeness (QED) is 0.624. The fourth-order valence-electron chi connectivity index (χ4n) is 0.549. The number of aromatic nitrogens is 2. The van der Waals surface area contributed by atoms with Crippen LogP contribution in [-0.2, 0) is 13.7 Å². The Morgan fingerprint density at radius 1 is 1.78 bits per heavy atom. The van der Waals surface area contributed by atoms with Crippen LogP contribution < -0.4 is 0 Å². The second-order valence-corrected chi connectivity index (χ2v) is 1.61. The van der Waals surface area contributed by atoms with Crippen LogP contribution in [0.4, 0.5) is 0 Å². The Labute approximate surface area is 59.7 Å². The molecular formula is C5H9ClN2O. The van der Waals surface area contributed by atoms with Crippen LogP contribution in [0.15, 0.2) is 12.4 Å². The number of aryl methyl sites for hydroxylation is 1. The standard InChI is InChI=1S/C5H8N2O.ClH/c1-7-3-2-6-5(7)4-8;/h2-3,8H,4H2,1H3;1H. The monoisotopic (exact) mass is 148 g/mol. The Morgan fingerprint density at radius 2 is 2.44 bits per heavy atom. The second kappa shape index (κ2) is 3.48. The predicted molar refractivity (Wildman–Crippen MR) is 36.4 cm³/mol. The maximum atomic E-state index is 8.52. The molecule has 1 aromatic rings. The zero-order chi connectivity index (χ0) is 5.98. The van der Waals surface area contributed by atoms with E-state index in [0.29, 0.717) is 5.82 Å². The first kappa shape index (κ1) is 8.46. The van der Waals surface area contributed by atoms with Gasteiger partial charge in [0, 0.05) is 19.4 Å². The van der Waals surface area contributed by atoms with Gasteiger partial charge in [0.05, 0.1) is 0 Å². The third-order valence-corrected chi connectivity index (χ3v) is 1.06. The Balaban J connectivity index is 0.000000640. The van der Waals surface area contributed by atoms with Crippen LogP contribution in [0, 0.1) is 0 Å². The van der Waals surface area contributed by atoms with E-state index in [1.54, 1.807) is 17.0 Å². The molecular weight excluding hydrogens is 140 g/mol. The van der Waals surface area contributed by atoms with Gasteiger partial charge in [0.2, 0.25) is 0 Å². The molecule has 1 N–H and O–H groups in total. The van der Waals surface area contributed by atoms with Gasteiger partial charge in [0.15, 0.2) is 0 Å². The topological polar surface area (TPSA) is 38.0 Å². The number of aliphatic hydroxyl groups is 1. The summed E-state index contributed by atoms with van der Waals surface area (Å²) < 4.78 is 1.78. The number of hydrogen-bond acceptors (Lipinski definition) is 2. The molecule has 1 rings (SSSR count). The first-order valence-corrected chi connectivity index (χ1v) is 2.41. The van der Waals surface area contributed by atoms with Gasteiger partial charge in [-0.3, -0.25) is 0 Å². The van der Waals surface area contributed by atoms with Crippen LogP contribution in [0.25, 0.3) is 0 Å². The fourth-order valence-corrected chi connectivity index (χ4v) is 0.549. The van der Waals surface area contributed by atoms with E-state index in [1.165, 1.54) is 0 Å². The number of hydrogen-bond donors (Lipinski definition) is 1. The summed E-state index contributed by atoms with van der Waals surface area (Å²) in [5.41, 5.74) is 0. The van der Waals surface area contributed by atoms with Gasteiger partial charge in [-0.25, -0.2) is 4.98 Å². The van der Waals surface area contributed by atoms with Crippen molar-refractivity contribution in [3.8, 4) is 0 Å². The van der Waals surface area contributed by atoms with E-state index in [2.05, 4.69) is 4.98 Å². The predicted octanol–water partition coefficient (Wildman–Crippen LogP) is 0.334. The molecule has 0 spiro atoms. The Bertz CT molecular complexity index is 175. The molecule has 1 aromatic heterocycles. The van der Waals surface area contributed by atoms with Crippen LogP contribution >= 0.6 is 12.4 Å². The average Bonchev–Trinajstić information content (AvgIpc) is 2.14. The van der Waals surface area contributed by atoms with Crippen molar-refractivity contribution in [3.63, 3.8) is 0 Å². The Hall–Kier alpha value is -0.540. The summed E-state index contributed by atoms with van der Waals surface area (Å²) in [6.07, 6.45) is 3.46. The minimum atomic E-state index is 0. The van der Waals surface area contributed by atoms with Crippen molar-refractivity contribution < 1.29 is 5.11 Å². The molecule has 0 atom stereocenters. The van der Waals surface area contributed by atoms with E-state index in [-0.39, 0.29) is 19.0 Å². The highest BCUT2D eigenvalue weighted by molar-refractivity contribution is 5.85. The minimum absolute atomic E-state index is 0. The van der Waals surface area contributed by atoms with Crippen LogP contribution in [0.1, 0.15) is 5.82 Å². The van der Waals surface area contributed by atoms with E-state index in [4.69, 9.17) is 5.11 Å². The Morgan fingerprint density at radius 3 is 2.67 bits per heavy atom. The summed E-state index contributed by atoms with van der Waals surface area (Å²) in [4.78, 5) is 3.85. The lowest BCUT2D eigenvalue weighted by Crippen LogP contribution is -1.94. The van der Waals surface area contributed by atoms with Crippen molar-refractivity contribution in [1.82, 2.24) is 9.55 Å². The highest BCUT2D eigenvalue weighted by atomic mass is 35.5. The number of nitrogens with zero attached hydrogens (tertiary/aromatic N) is 2. The zero-order valence-corrected chi connectivity index (χ0v) is 5.93. The summed E-state index contributed by atoms with van der Waals surface area (Å²) in [5, 5.41) is 8.52. The number of aliphatic hydroxyl groups excluding tert-OH is 1. The molecule has 0 saturated carbocycles. The van der Waals surface area contributed by atoms with Crippen LogP contribution in [0.3, 0.4) is 0 Å². The summed E-state index contributed by atoms with van der Waals surface area (Å²) in [5.74, 6) is 0.699. The first-order chi connectivity index (χ1) is 3.84. The molecule has 0 bridgehead atoms. The molecule has 0 unspecified atom stereocenters. The van der Waals surface area contributed by atoms with Gasteiger partial charge < -0.3 is 9.67 Å². The molecule has 1 heterocycles. The molecule has 0 saturated heterocycles. The number of imidazole rings is 1. The summed E-state index contributed by atoms with van der Waals surface area (Å²) in [6.45, 7) is 0.0174. The lowest BCUT2D eigenvalue weighted by molar-refractivity contribution is 0.267. The van der Waals surface area contributed by atoms with E-state index in [1.807, 2.05) is 7.05 Å². The van der Waals surface area contributed by atoms with Crippen LogP contribution in [-0.4, -0.2) is 14.7 Å². The van der Waals surface area contributed by atoms with E-state index < -0.39 is 0 Å². The van der Waals surface area contributed by atoms with Gasteiger partial charge in [-0.05, 0) is 0 Å². The molecule has 0 aliphatic heterocycles. The minimum Gasteiger partial charge on any atom is -0.388 e. The lowest BCUT2D eigenvalue weighted by Gasteiger charge is -1.92. The second-order valence-electron chi connectivity index (χ2n) is 1.61. The van der Waals surface area contributed by atoms with Gasteiger partial charge in [-0.1, -0.05) is 0 Å². The molecule has 0 aliphatic rings. The van der Waals surface area contributed by atoms with Gasteiger partial charge in [0.1, 0.15) is 12.4 Å². The summed E-state index contributed by atoms with van der Waals surface area (Å²) in [6, 6.07) is 0. The van der Waals surface area contributed by atoms with E-state index in [9.17, 15) is 0 Å². The highest BCUT2D eigenvalue weighted by Gasteiger charge is 1.91. The molecule has 0 aliphatic carbocycles. The molecule has 52 valence electrons. The van der Waals surface area contributed by atoms with Crippen molar-refractivity contribution in [1.29, 1.82) is 0 Å². The average molecular weight is 149 g/mol. The molecule has 3 nitrogen and oxygen atoms in total. The zero-order valence-electron chi connectivity index (χ0n) is 5.11. The van der Waals surface area contributed by atoms with Gasteiger partial charge in [-0.2, -0.15) is 0 Å². The molecule has 4 heteroatoms. The van der Waals surface area contributed by atoms with Crippen molar-refractivity contribution >= 4 is 12.4 Å². The SMILES string of the molecule is Cl.Cn1ccnc1CO. The number of rotatable bonds is 1. The third kappa shape index (κ3) is 1.69. The van der Waals surface area contributed by atoms with Gasteiger partial charge in [-0.15, -0.1) is 12.4 Å². The lowest BCUT2D eigenvalue weighted by atomic mass is 10.6. The Kier molecular flexibility index (Phi) is 3.27.